The third kappa shape index (κ3) is 2.19. The molecule has 0 atom stereocenters. The first kappa shape index (κ1) is 11.7. The first-order valence-corrected chi connectivity index (χ1v) is 5.37. The summed E-state index contributed by atoms with van der Waals surface area (Å²) in [5.74, 6) is 1.43. The smallest absolute Gasteiger partial charge is 0.163 e. The van der Waals surface area contributed by atoms with Gasteiger partial charge in [0.25, 0.3) is 0 Å². The molecule has 92 valence electrons. The zero-order chi connectivity index (χ0) is 12.4. The number of imidazole rings is 1. The molecular formula is C12H17N3O2. The molecule has 5 heteroatoms. The number of fused-ring (bicyclic) bond motifs is 1. The van der Waals surface area contributed by atoms with E-state index >= 15 is 0 Å². The van der Waals surface area contributed by atoms with Gasteiger partial charge < -0.3 is 14.0 Å². The molecule has 5 nitrogen and oxygen atoms in total. The van der Waals surface area contributed by atoms with E-state index in [1.807, 2.05) is 32.6 Å². The fourth-order valence-corrected chi connectivity index (χ4v) is 1.80. The van der Waals surface area contributed by atoms with Crippen LogP contribution in [0.1, 0.15) is 0 Å². The zero-order valence-corrected chi connectivity index (χ0v) is 10.6. The molecular weight excluding hydrogens is 218 g/mol. The summed E-state index contributed by atoms with van der Waals surface area (Å²) in [5, 5.41) is 0. The number of hydrogen-bond donors (Lipinski definition) is 0. The number of benzene rings is 1. The summed E-state index contributed by atoms with van der Waals surface area (Å²) < 4.78 is 12.6. The molecule has 0 aliphatic heterocycles. The van der Waals surface area contributed by atoms with Crippen LogP contribution in [0.4, 0.5) is 0 Å². The lowest BCUT2D eigenvalue weighted by Gasteiger charge is -2.12. The largest absolute Gasteiger partial charge is 0.493 e. The predicted octanol–water partition coefficient (Wildman–Crippen LogP) is 1.57. The molecule has 0 aliphatic rings. The van der Waals surface area contributed by atoms with Crippen molar-refractivity contribution in [2.75, 3.05) is 28.3 Å². The Labute approximate surface area is 101 Å². The fourth-order valence-electron chi connectivity index (χ4n) is 1.80. The Kier molecular flexibility index (Phi) is 3.19. The molecule has 0 saturated heterocycles. The van der Waals surface area contributed by atoms with Crippen LogP contribution in [0.2, 0.25) is 0 Å². The molecule has 1 heterocycles. The van der Waals surface area contributed by atoms with Crippen LogP contribution in [0.25, 0.3) is 11.0 Å². The minimum atomic E-state index is 0.704. The van der Waals surface area contributed by atoms with E-state index in [2.05, 4.69) is 14.5 Å². The van der Waals surface area contributed by atoms with E-state index < -0.39 is 0 Å². The molecule has 2 rings (SSSR count). The lowest BCUT2D eigenvalue weighted by atomic mass is 10.2. The van der Waals surface area contributed by atoms with Crippen molar-refractivity contribution < 1.29 is 9.47 Å². The molecule has 2 aromatic rings. The summed E-state index contributed by atoms with van der Waals surface area (Å²) in [6.07, 6.45) is 1.82. The van der Waals surface area contributed by atoms with Gasteiger partial charge >= 0.3 is 0 Å². The molecule has 0 spiro atoms. The number of methoxy groups -OCH3 is 2. The molecule has 0 radical (unpaired) electrons. The van der Waals surface area contributed by atoms with Gasteiger partial charge in [-0.15, -0.1) is 0 Å². The van der Waals surface area contributed by atoms with Crippen molar-refractivity contribution >= 4 is 11.0 Å². The van der Waals surface area contributed by atoms with Gasteiger partial charge in [0.05, 0.1) is 38.2 Å². The Morgan fingerprint density at radius 2 is 1.82 bits per heavy atom. The van der Waals surface area contributed by atoms with Crippen LogP contribution in [0.5, 0.6) is 11.5 Å². The van der Waals surface area contributed by atoms with Gasteiger partial charge in [0.2, 0.25) is 0 Å². The van der Waals surface area contributed by atoms with Gasteiger partial charge in [-0.05, 0) is 14.1 Å². The maximum Gasteiger partial charge on any atom is 0.163 e. The Hall–Kier alpha value is -1.75. The van der Waals surface area contributed by atoms with E-state index in [0.717, 1.165) is 23.5 Å². The predicted molar refractivity (Wildman–Crippen MR) is 66.5 cm³/mol. The average molecular weight is 235 g/mol. The molecule has 0 amide bonds. The summed E-state index contributed by atoms with van der Waals surface area (Å²) in [6, 6.07) is 3.84. The summed E-state index contributed by atoms with van der Waals surface area (Å²) in [6.45, 7) is 0.784. The van der Waals surface area contributed by atoms with E-state index in [0.29, 0.717) is 5.75 Å². The Morgan fingerprint density at radius 3 is 2.41 bits per heavy atom. The average Bonchev–Trinajstić information content (AvgIpc) is 2.69. The van der Waals surface area contributed by atoms with Gasteiger partial charge in [0.15, 0.2) is 11.5 Å². The maximum absolute atomic E-state index is 5.29. The van der Waals surface area contributed by atoms with Crippen molar-refractivity contribution in [2.24, 2.45) is 0 Å². The van der Waals surface area contributed by atoms with Gasteiger partial charge in [-0.3, -0.25) is 4.90 Å². The van der Waals surface area contributed by atoms with E-state index in [9.17, 15) is 0 Å². The quantitative estimate of drug-likeness (QED) is 0.806. The number of ether oxygens (including phenoxy) is 2. The third-order valence-corrected chi connectivity index (χ3v) is 2.56. The molecule has 1 aromatic carbocycles. The molecule has 0 fully saturated rings. The van der Waals surface area contributed by atoms with Crippen LogP contribution in [0.3, 0.4) is 0 Å². The van der Waals surface area contributed by atoms with Crippen molar-refractivity contribution in [3.63, 3.8) is 0 Å². The number of hydrogen-bond acceptors (Lipinski definition) is 4. The minimum Gasteiger partial charge on any atom is -0.493 e. The second-order valence-corrected chi connectivity index (χ2v) is 4.13. The molecule has 0 bridgehead atoms. The molecule has 0 saturated carbocycles. The minimum absolute atomic E-state index is 0.704. The van der Waals surface area contributed by atoms with Crippen LogP contribution < -0.4 is 9.47 Å². The number of aromatic nitrogens is 2. The second-order valence-electron chi connectivity index (χ2n) is 4.13. The lowest BCUT2D eigenvalue weighted by molar-refractivity contribution is 0.331. The highest BCUT2D eigenvalue weighted by molar-refractivity contribution is 5.80. The normalized spacial score (nSPS) is 11.1. The fraction of sp³-hybridized carbons (Fsp3) is 0.417. The van der Waals surface area contributed by atoms with E-state index in [1.165, 1.54) is 0 Å². The third-order valence-electron chi connectivity index (χ3n) is 2.56. The molecule has 0 unspecified atom stereocenters. The SMILES string of the molecule is COc1cc2ncn(CN(C)C)c2cc1OC. The topological polar surface area (TPSA) is 39.5 Å². The molecule has 1 aromatic heterocycles. The van der Waals surface area contributed by atoms with E-state index in [1.54, 1.807) is 14.2 Å². The molecule has 17 heavy (non-hydrogen) atoms. The monoisotopic (exact) mass is 235 g/mol. The highest BCUT2D eigenvalue weighted by atomic mass is 16.5. The summed E-state index contributed by atoms with van der Waals surface area (Å²) in [7, 11) is 7.30. The van der Waals surface area contributed by atoms with Gasteiger partial charge in [0, 0.05) is 12.1 Å². The van der Waals surface area contributed by atoms with Crippen LogP contribution in [0, 0.1) is 0 Å². The lowest BCUT2D eigenvalue weighted by Crippen LogP contribution is -2.15. The Balaban J connectivity index is 2.53. The van der Waals surface area contributed by atoms with Gasteiger partial charge in [-0.1, -0.05) is 0 Å². The zero-order valence-electron chi connectivity index (χ0n) is 10.6. The van der Waals surface area contributed by atoms with Crippen LogP contribution in [-0.2, 0) is 6.67 Å². The van der Waals surface area contributed by atoms with Crippen molar-refractivity contribution in [1.82, 2.24) is 14.5 Å². The summed E-state index contributed by atoms with van der Waals surface area (Å²) >= 11 is 0. The van der Waals surface area contributed by atoms with Crippen LogP contribution in [0.15, 0.2) is 18.5 Å². The van der Waals surface area contributed by atoms with Crippen LogP contribution >= 0.6 is 0 Å². The number of nitrogens with zero attached hydrogens (tertiary/aromatic N) is 3. The van der Waals surface area contributed by atoms with Gasteiger partial charge in [-0.25, -0.2) is 4.98 Å². The molecule has 0 aliphatic carbocycles. The van der Waals surface area contributed by atoms with E-state index in [4.69, 9.17) is 9.47 Å². The van der Waals surface area contributed by atoms with Crippen molar-refractivity contribution in [1.29, 1.82) is 0 Å². The first-order chi connectivity index (χ1) is 8.15. The van der Waals surface area contributed by atoms with Crippen molar-refractivity contribution in [2.45, 2.75) is 6.67 Å². The van der Waals surface area contributed by atoms with E-state index in [-0.39, 0.29) is 0 Å². The summed E-state index contributed by atoms with van der Waals surface area (Å²) in [5.41, 5.74) is 1.95. The summed E-state index contributed by atoms with van der Waals surface area (Å²) in [4.78, 5) is 6.44. The Morgan fingerprint density at radius 1 is 1.18 bits per heavy atom. The van der Waals surface area contributed by atoms with Gasteiger partial charge in [-0.2, -0.15) is 0 Å². The first-order valence-electron chi connectivity index (χ1n) is 5.37. The maximum atomic E-state index is 5.29. The van der Waals surface area contributed by atoms with Crippen molar-refractivity contribution in [3.05, 3.63) is 18.5 Å². The molecule has 0 N–H and O–H groups in total. The second kappa shape index (κ2) is 4.63. The van der Waals surface area contributed by atoms with Crippen LogP contribution in [-0.4, -0.2) is 42.8 Å². The van der Waals surface area contributed by atoms with Gasteiger partial charge in [0.1, 0.15) is 0 Å². The van der Waals surface area contributed by atoms with Crippen molar-refractivity contribution in [3.8, 4) is 11.5 Å². The number of rotatable bonds is 4. The Bertz CT molecular complexity index is 520. The standard InChI is InChI=1S/C12H17N3O2/c1-14(2)8-15-7-13-9-5-11(16-3)12(17-4)6-10(9)15/h5-7H,8H2,1-4H3. The highest BCUT2D eigenvalue weighted by Gasteiger charge is 2.10. The highest BCUT2D eigenvalue weighted by Crippen LogP contribution is 2.31.